The standard InChI is InChI=1S/C14H19F3N2/c1-18-13-8-7-11(9-12(13)14(15,16)17)19-10-5-3-2-4-6-10/h7-10,18-19H,2-6H2,1H3. The molecule has 2 N–H and O–H groups in total. The maximum atomic E-state index is 12.9. The first-order valence-electron chi connectivity index (χ1n) is 6.66. The van der Waals surface area contributed by atoms with Crippen molar-refractivity contribution in [3.8, 4) is 0 Å². The van der Waals surface area contributed by atoms with Gasteiger partial charge in [0.05, 0.1) is 5.56 Å². The monoisotopic (exact) mass is 272 g/mol. The van der Waals surface area contributed by atoms with E-state index in [1.807, 2.05) is 0 Å². The largest absolute Gasteiger partial charge is 0.418 e. The van der Waals surface area contributed by atoms with Crippen LogP contribution in [0.1, 0.15) is 37.7 Å². The van der Waals surface area contributed by atoms with E-state index in [4.69, 9.17) is 0 Å². The number of alkyl halides is 3. The summed E-state index contributed by atoms with van der Waals surface area (Å²) in [7, 11) is 1.50. The van der Waals surface area contributed by atoms with Crippen LogP contribution in [0.4, 0.5) is 24.5 Å². The van der Waals surface area contributed by atoms with Gasteiger partial charge in [0.2, 0.25) is 0 Å². The van der Waals surface area contributed by atoms with E-state index in [0.717, 1.165) is 25.7 Å². The Morgan fingerprint density at radius 2 is 1.79 bits per heavy atom. The number of benzene rings is 1. The molecule has 1 fully saturated rings. The number of hydrogen-bond donors (Lipinski definition) is 2. The molecule has 0 unspecified atom stereocenters. The quantitative estimate of drug-likeness (QED) is 0.847. The Labute approximate surface area is 111 Å². The zero-order valence-corrected chi connectivity index (χ0v) is 11.0. The Balaban J connectivity index is 2.17. The van der Waals surface area contributed by atoms with Gasteiger partial charge in [-0.3, -0.25) is 0 Å². The Kier molecular flexibility index (Phi) is 4.22. The lowest BCUT2D eigenvalue weighted by molar-refractivity contribution is -0.136. The molecule has 19 heavy (non-hydrogen) atoms. The molecular formula is C14H19F3N2. The summed E-state index contributed by atoms with van der Waals surface area (Å²) in [6.07, 6.45) is 1.27. The van der Waals surface area contributed by atoms with Gasteiger partial charge in [-0.25, -0.2) is 0 Å². The van der Waals surface area contributed by atoms with E-state index in [9.17, 15) is 13.2 Å². The first kappa shape index (κ1) is 14.0. The summed E-state index contributed by atoms with van der Waals surface area (Å²) in [5.41, 5.74) is 0.0516. The Morgan fingerprint density at radius 3 is 2.37 bits per heavy atom. The lowest BCUT2D eigenvalue weighted by Crippen LogP contribution is -2.22. The third kappa shape index (κ3) is 3.55. The molecule has 0 aliphatic heterocycles. The van der Waals surface area contributed by atoms with Crippen LogP contribution in [-0.2, 0) is 6.18 Å². The fourth-order valence-electron chi connectivity index (χ4n) is 2.57. The molecule has 1 aliphatic rings. The lowest BCUT2D eigenvalue weighted by atomic mass is 9.95. The van der Waals surface area contributed by atoms with Crippen molar-refractivity contribution in [2.75, 3.05) is 17.7 Å². The van der Waals surface area contributed by atoms with Crippen molar-refractivity contribution in [1.29, 1.82) is 0 Å². The highest BCUT2D eigenvalue weighted by atomic mass is 19.4. The Morgan fingerprint density at radius 1 is 1.11 bits per heavy atom. The van der Waals surface area contributed by atoms with Crippen LogP contribution in [-0.4, -0.2) is 13.1 Å². The Bertz CT molecular complexity index is 423. The van der Waals surface area contributed by atoms with Gasteiger partial charge < -0.3 is 10.6 Å². The minimum absolute atomic E-state index is 0.113. The molecular weight excluding hydrogens is 253 g/mol. The highest BCUT2D eigenvalue weighted by Gasteiger charge is 2.33. The van der Waals surface area contributed by atoms with Crippen LogP contribution in [0.15, 0.2) is 18.2 Å². The van der Waals surface area contributed by atoms with E-state index < -0.39 is 11.7 Å². The summed E-state index contributed by atoms with van der Waals surface area (Å²) in [6.45, 7) is 0. The van der Waals surface area contributed by atoms with Crippen LogP contribution < -0.4 is 10.6 Å². The molecule has 0 spiro atoms. The van der Waals surface area contributed by atoms with Crippen LogP contribution in [0.2, 0.25) is 0 Å². The minimum atomic E-state index is -4.33. The maximum Gasteiger partial charge on any atom is 0.418 e. The predicted octanol–water partition coefficient (Wildman–Crippen LogP) is 4.49. The molecule has 0 heterocycles. The predicted molar refractivity (Wildman–Crippen MR) is 71.5 cm³/mol. The van der Waals surface area contributed by atoms with Crippen LogP contribution in [0, 0.1) is 0 Å². The fraction of sp³-hybridized carbons (Fsp3) is 0.571. The van der Waals surface area contributed by atoms with Gasteiger partial charge in [-0.15, -0.1) is 0 Å². The highest BCUT2D eigenvalue weighted by Crippen LogP contribution is 2.36. The maximum absolute atomic E-state index is 12.9. The van der Waals surface area contributed by atoms with E-state index in [-0.39, 0.29) is 5.69 Å². The van der Waals surface area contributed by atoms with Crippen LogP contribution in [0.25, 0.3) is 0 Å². The second-order valence-corrected chi connectivity index (χ2v) is 4.99. The third-order valence-corrected chi connectivity index (χ3v) is 3.57. The SMILES string of the molecule is CNc1ccc(NC2CCCCC2)cc1C(F)(F)F. The fourth-order valence-corrected chi connectivity index (χ4v) is 2.57. The molecule has 106 valence electrons. The normalized spacial score (nSPS) is 17.3. The van der Waals surface area contributed by atoms with E-state index in [1.54, 1.807) is 6.07 Å². The minimum Gasteiger partial charge on any atom is -0.388 e. The van der Waals surface area contributed by atoms with Crippen molar-refractivity contribution in [2.24, 2.45) is 0 Å². The van der Waals surface area contributed by atoms with E-state index in [1.165, 1.54) is 25.6 Å². The molecule has 2 rings (SSSR count). The zero-order chi connectivity index (χ0) is 13.9. The Hall–Kier alpha value is -1.39. The lowest BCUT2D eigenvalue weighted by Gasteiger charge is -2.24. The van der Waals surface area contributed by atoms with Crippen LogP contribution >= 0.6 is 0 Å². The summed E-state index contributed by atoms with van der Waals surface area (Å²) >= 11 is 0. The van der Waals surface area contributed by atoms with Crippen molar-refractivity contribution in [3.05, 3.63) is 23.8 Å². The second kappa shape index (κ2) is 5.72. The van der Waals surface area contributed by atoms with E-state index >= 15 is 0 Å². The number of halogens is 3. The first-order chi connectivity index (χ1) is 9.00. The highest BCUT2D eigenvalue weighted by molar-refractivity contribution is 5.60. The van der Waals surface area contributed by atoms with Gasteiger partial charge >= 0.3 is 6.18 Å². The summed E-state index contributed by atoms with van der Waals surface area (Å²) in [4.78, 5) is 0. The van der Waals surface area contributed by atoms with Gasteiger partial charge in [0.15, 0.2) is 0 Å². The molecule has 1 aromatic carbocycles. The third-order valence-electron chi connectivity index (χ3n) is 3.57. The molecule has 1 aromatic rings. The van der Waals surface area contributed by atoms with Crippen molar-refractivity contribution >= 4 is 11.4 Å². The van der Waals surface area contributed by atoms with Crippen LogP contribution in [0.5, 0.6) is 0 Å². The molecule has 0 bridgehead atoms. The summed E-state index contributed by atoms with van der Waals surface area (Å²) < 4.78 is 38.8. The molecule has 0 radical (unpaired) electrons. The first-order valence-corrected chi connectivity index (χ1v) is 6.66. The number of hydrogen-bond acceptors (Lipinski definition) is 2. The van der Waals surface area contributed by atoms with Gasteiger partial charge in [0, 0.05) is 24.5 Å². The summed E-state index contributed by atoms with van der Waals surface area (Å²) in [6, 6.07) is 4.68. The molecule has 0 saturated heterocycles. The van der Waals surface area contributed by atoms with Crippen molar-refractivity contribution < 1.29 is 13.2 Å². The molecule has 2 nitrogen and oxygen atoms in total. The van der Waals surface area contributed by atoms with Gasteiger partial charge in [0.1, 0.15) is 0 Å². The smallest absolute Gasteiger partial charge is 0.388 e. The van der Waals surface area contributed by atoms with E-state index in [0.29, 0.717) is 11.7 Å². The zero-order valence-electron chi connectivity index (χ0n) is 11.0. The number of anilines is 2. The topological polar surface area (TPSA) is 24.1 Å². The molecule has 5 heteroatoms. The average molecular weight is 272 g/mol. The molecule has 0 amide bonds. The summed E-state index contributed by atoms with van der Waals surface area (Å²) in [5, 5.41) is 5.80. The molecule has 1 aliphatic carbocycles. The number of nitrogens with one attached hydrogen (secondary N) is 2. The van der Waals surface area contributed by atoms with Crippen molar-refractivity contribution in [1.82, 2.24) is 0 Å². The van der Waals surface area contributed by atoms with Gasteiger partial charge in [-0.05, 0) is 31.0 Å². The van der Waals surface area contributed by atoms with Crippen LogP contribution in [0.3, 0.4) is 0 Å². The second-order valence-electron chi connectivity index (χ2n) is 4.99. The van der Waals surface area contributed by atoms with Crippen molar-refractivity contribution in [2.45, 2.75) is 44.3 Å². The van der Waals surface area contributed by atoms with Crippen molar-refractivity contribution in [3.63, 3.8) is 0 Å². The molecule has 0 atom stereocenters. The van der Waals surface area contributed by atoms with E-state index in [2.05, 4.69) is 10.6 Å². The van der Waals surface area contributed by atoms with Gasteiger partial charge in [0.25, 0.3) is 0 Å². The average Bonchev–Trinajstić information content (AvgIpc) is 2.39. The summed E-state index contributed by atoms with van der Waals surface area (Å²) in [5.74, 6) is 0. The van der Waals surface area contributed by atoms with Gasteiger partial charge in [-0.1, -0.05) is 19.3 Å². The molecule has 0 aromatic heterocycles. The molecule has 1 saturated carbocycles. The number of rotatable bonds is 3. The van der Waals surface area contributed by atoms with Gasteiger partial charge in [-0.2, -0.15) is 13.2 Å².